The van der Waals surface area contributed by atoms with E-state index in [4.69, 9.17) is 5.41 Å². The second-order valence-electron chi connectivity index (χ2n) is 7.91. The van der Waals surface area contributed by atoms with Gasteiger partial charge in [-0.3, -0.25) is 0 Å². The number of hydrogen-bond acceptors (Lipinski definition) is 2. The first-order valence-electron chi connectivity index (χ1n) is 10.2. The van der Waals surface area contributed by atoms with E-state index >= 15 is 0 Å². The van der Waals surface area contributed by atoms with Crippen molar-refractivity contribution in [3.63, 3.8) is 0 Å². The Balaban J connectivity index is 1.40. The molecule has 0 bridgehead atoms. The summed E-state index contributed by atoms with van der Waals surface area (Å²) in [6.45, 7) is 0. The minimum absolute atomic E-state index is 1.04. The summed E-state index contributed by atoms with van der Waals surface area (Å²) >= 11 is 0. The molecule has 1 aliphatic rings. The molecule has 4 rings (SSSR count). The van der Waals surface area contributed by atoms with E-state index in [2.05, 4.69) is 65.6 Å². The summed E-state index contributed by atoms with van der Waals surface area (Å²) in [4.78, 5) is 2.09. The molecule has 1 N–H and O–H groups in total. The van der Waals surface area contributed by atoms with Gasteiger partial charge in [0.05, 0.1) is 0 Å². The highest BCUT2D eigenvalue weighted by atomic mass is 15.1. The van der Waals surface area contributed by atoms with Crippen molar-refractivity contribution in [2.45, 2.75) is 32.1 Å². The number of nitrogens with one attached hydrogen (secondary N) is 1. The third-order valence-electron chi connectivity index (χ3n) is 5.89. The molecule has 28 heavy (non-hydrogen) atoms. The molecule has 2 heteroatoms. The van der Waals surface area contributed by atoms with Gasteiger partial charge in [-0.25, -0.2) is 0 Å². The lowest BCUT2D eigenvalue weighted by molar-refractivity contribution is 0.731. The first kappa shape index (κ1) is 18.5. The first-order chi connectivity index (χ1) is 13.7. The van der Waals surface area contributed by atoms with E-state index in [1.807, 2.05) is 14.1 Å². The van der Waals surface area contributed by atoms with Crippen LogP contribution < -0.4 is 4.90 Å². The van der Waals surface area contributed by atoms with Gasteiger partial charge in [-0.05, 0) is 83.2 Å². The number of nitrogens with zero attached hydrogens (tertiary/aromatic N) is 1. The number of rotatable bonds is 7. The average Bonchev–Trinajstić information content (AvgIpc) is 3.10. The molecule has 0 radical (unpaired) electrons. The maximum absolute atomic E-state index is 7.74. The van der Waals surface area contributed by atoms with Crippen LogP contribution in [0.15, 0.2) is 60.7 Å². The van der Waals surface area contributed by atoms with Crippen molar-refractivity contribution in [3.05, 3.63) is 88.5 Å². The van der Waals surface area contributed by atoms with Gasteiger partial charge in [-0.15, -0.1) is 0 Å². The Kier molecular flexibility index (Phi) is 5.29. The number of unbranched alkanes of at least 4 members (excludes halogenated alkanes) is 1. The molecule has 0 heterocycles. The van der Waals surface area contributed by atoms with Crippen molar-refractivity contribution in [1.82, 2.24) is 0 Å². The number of fused-ring (bicyclic) bond motifs is 3. The molecule has 0 spiro atoms. The van der Waals surface area contributed by atoms with Gasteiger partial charge in [0.25, 0.3) is 0 Å². The molecule has 3 aromatic rings. The van der Waals surface area contributed by atoms with Gasteiger partial charge >= 0.3 is 0 Å². The fraction of sp³-hybridized carbons (Fsp3) is 0.269. The third-order valence-corrected chi connectivity index (χ3v) is 5.89. The van der Waals surface area contributed by atoms with Crippen LogP contribution in [0.4, 0.5) is 5.69 Å². The highest BCUT2D eigenvalue weighted by molar-refractivity contribution is 5.81. The van der Waals surface area contributed by atoms with Crippen LogP contribution in [-0.4, -0.2) is 20.3 Å². The Hall–Kier alpha value is -2.87. The zero-order valence-corrected chi connectivity index (χ0v) is 16.8. The molecule has 0 atom stereocenters. The second kappa shape index (κ2) is 8.02. The molecule has 0 aliphatic heterocycles. The Labute approximate surface area is 168 Å². The summed E-state index contributed by atoms with van der Waals surface area (Å²) < 4.78 is 0. The predicted molar refractivity (Wildman–Crippen MR) is 120 cm³/mol. The normalized spacial score (nSPS) is 11.8. The molecule has 0 aromatic heterocycles. The van der Waals surface area contributed by atoms with E-state index in [9.17, 15) is 0 Å². The van der Waals surface area contributed by atoms with Crippen LogP contribution >= 0.6 is 0 Å². The summed E-state index contributed by atoms with van der Waals surface area (Å²) in [5.74, 6) is 0. The molecule has 0 amide bonds. The molecule has 2 nitrogen and oxygen atoms in total. The molecule has 1 aliphatic carbocycles. The van der Waals surface area contributed by atoms with Gasteiger partial charge in [0, 0.05) is 26.0 Å². The van der Waals surface area contributed by atoms with Gasteiger partial charge in [0.15, 0.2) is 0 Å². The Morgan fingerprint density at radius 1 is 0.857 bits per heavy atom. The molecule has 0 saturated heterocycles. The highest BCUT2D eigenvalue weighted by Gasteiger charge is 2.19. The molecule has 3 aromatic carbocycles. The molecular weight excluding hydrogens is 340 g/mol. The van der Waals surface area contributed by atoms with Gasteiger partial charge in [-0.2, -0.15) is 0 Å². The largest absolute Gasteiger partial charge is 0.378 e. The van der Waals surface area contributed by atoms with Crippen molar-refractivity contribution in [3.8, 4) is 11.1 Å². The number of aryl methyl sites for hydroxylation is 2. The van der Waals surface area contributed by atoms with E-state index in [0.717, 1.165) is 36.9 Å². The summed E-state index contributed by atoms with van der Waals surface area (Å²) in [6, 6.07) is 22.0. The number of benzene rings is 3. The van der Waals surface area contributed by atoms with Crippen LogP contribution in [0.1, 0.15) is 40.7 Å². The van der Waals surface area contributed by atoms with Crippen LogP contribution in [0.5, 0.6) is 0 Å². The maximum Gasteiger partial charge on any atom is 0.0367 e. The number of hydrogen-bond donors (Lipinski definition) is 1. The summed E-state index contributed by atoms with van der Waals surface area (Å²) in [6.07, 6.45) is 7.06. The lowest BCUT2D eigenvalue weighted by Crippen LogP contribution is -2.09. The van der Waals surface area contributed by atoms with E-state index in [-0.39, 0.29) is 0 Å². The van der Waals surface area contributed by atoms with Gasteiger partial charge in [0.1, 0.15) is 0 Å². The topological polar surface area (TPSA) is 27.1 Å². The minimum Gasteiger partial charge on any atom is -0.378 e. The Morgan fingerprint density at radius 2 is 1.61 bits per heavy atom. The molecule has 142 valence electrons. The molecule has 0 unspecified atom stereocenters. The molecular formula is C26H28N2. The van der Waals surface area contributed by atoms with Gasteiger partial charge < -0.3 is 10.3 Å². The van der Waals surface area contributed by atoms with Crippen molar-refractivity contribution >= 4 is 11.9 Å². The first-order valence-corrected chi connectivity index (χ1v) is 10.2. The van der Waals surface area contributed by atoms with E-state index in [1.54, 1.807) is 0 Å². The van der Waals surface area contributed by atoms with Crippen LogP contribution in [0.25, 0.3) is 11.1 Å². The van der Waals surface area contributed by atoms with Crippen molar-refractivity contribution < 1.29 is 0 Å². The fourth-order valence-electron chi connectivity index (χ4n) is 4.31. The lowest BCUT2D eigenvalue weighted by Gasteiger charge is -2.15. The van der Waals surface area contributed by atoms with Gasteiger partial charge in [0.2, 0.25) is 0 Å². The average molecular weight is 369 g/mol. The fourth-order valence-corrected chi connectivity index (χ4v) is 4.31. The third kappa shape index (κ3) is 3.60. The zero-order chi connectivity index (χ0) is 19.5. The van der Waals surface area contributed by atoms with Gasteiger partial charge in [-0.1, -0.05) is 48.5 Å². The molecule has 0 fully saturated rings. The van der Waals surface area contributed by atoms with E-state index in [1.165, 1.54) is 46.0 Å². The second-order valence-corrected chi connectivity index (χ2v) is 7.91. The van der Waals surface area contributed by atoms with Crippen LogP contribution in [0, 0.1) is 5.41 Å². The highest BCUT2D eigenvalue weighted by Crippen LogP contribution is 2.38. The summed E-state index contributed by atoms with van der Waals surface area (Å²) in [5.41, 5.74) is 10.8. The van der Waals surface area contributed by atoms with Crippen molar-refractivity contribution in [2.24, 2.45) is 0 Å². The summed E-state index contributed by atoms with van der Waals surface area (Å²) in [5, 5.41) is 7.74. The Bertz CT molecular complexity index is 1000. The van der Waals surface area contributed by atoms with Crippen LogP contribution in [0.2, 0.25) is 0 Å². The summed E-state index contributed by atoms with van der Waals surface area (Å²) in [7, 11) is 4.08. The standard InChI is InChI=1S/C26H28N2/c1-28(2)23-15-14-19(22(16-23)18-27)8-3-4-9-20-11-7-13-25-24-12-6-5-10-21(24)17-26(20)25/h5-7,10-16,18,27H,3-4,8-9,17H2,1-2H3. The zero-order valence-electron chi connectivity index (χ0n) is 16.8. The Morgan fingerprint density at radius 3 is 2.39 bits per heavy atom. The quantitative estimate of drug-likeness (QED) is 0.320. The van der Waals surface area contributed by atoms with Crippen molar-refractivity contribution in [1.29, 1.82) is 5.41 Å². The van der Waals surface area contributed by atoms with E-state index in [0.29, 0.717) is 0 Å². The predicted octanol–water partition coefficient (Wildman–Crippen LogP) is 5.89. The monoisotopic (exact) mass is 368 g/mol. The molecule has 0 saturated carbocycles. The van der Waals surface area contributed by atoms with E-state index < -0.39 is 0 Å². The van der Waals surface area contributed by atoms with Crippen molar-refractivity contribution in [2.75, 3.05) is 19.0 Å². The number of anilines is 1. The smallest absolute Gasteiger partial charge is 0.0367 e. The minimum atomic E-state index is 1.04. The maximum atomic E-state index is 7.74. The van der Waals surface area contributed by atoms with Crippen LogP contribution in [-0.2, 0) is 19.3 Å². The SMILES string of the molecule is CN(C)c1ccc(CCCCc2cccc3c2Cc2ccccc2-3)c(C=N)c1. The lowest BCUT2D eigenvalue weighted by atomic mass is 9.95. The van der Waals surface area contributed by atoms with Crippen LogP contribution in [0.3, 0.4) is 0 Å².